The van der Waals surface area contributed by atoms with Gasteiger partial charge in [0.2, 0.25) is 0 Å². The van der Waals surface area contributed by atoms with Crippen molar-refractivity contribution in [3.8, 4) is 16.9 Å². The normalized spacial score (nSPS) is 11.3. The molecule has 0 fully saturated rings. The van der Waals surface area contributed by atoms with Crippen molar-refractivity contribution in [3.05, 3.63) is 54.1 Å². The lowest BCUT2D eigenvalue weighted by Crippen LogP contribution is -2.28. The minimum atomic E-state index is -0.890. The molecule has 0 bridgehead atoms. The Bertz CT molecular complexity index is 657. The molecule has 0 amide bonds. The van der Waals surface area contributed by atoms with Gasteiger partial charge in [-0.1, -0.05) is 36.4 Å². The Hall–Kier alpha value is -2.33. The van der Waals surface area contributed by atoms with Crippen LogP contribution in [0.4, 0.5) is 0 Å². The van der Waals surface area contributed by atoms with E-state index in [4.69, 9.17) is 9.47 Å². The maximum atomic E-state index is 11.3. The summed E-state index contributed by atoms with van der Waals surface area (Å²) in [6.07, 6.45) is 0.860. The van der Waals surface area contributed by atoms with Gasteiger partial charge in [0.15, 0.2) is 0 Å². The first-order valence-corrected chi connectivity index (χ1v) is 8.01. The van der Waals surface area contributed by atoms with E-state index >= 15 is 0 Å². The van der Waals surface area contributed by atoms with Gasteiger partial charge >= 0.3 is 5.97 Å². The summed E-state index contributed by atoms with van der Waals surface area (Å²) in [5.41, 5.74) is 2.01. The van der Waals surface area contributed by atoms with Gasteiger partial charge < -0.3 is 14.6 Å². The molecule has 0 unspecified atom stereocenters. The molecule has 0 spiro atoms. The van der Waals surface area contributed by atoms with Crippen LogP contribution in [-0.4, -0.2) is 31.4 Å². The number of aliphatic carboxylic acids is 1. The monoisotopic (exact) mass is 328 g/mol. The van der Waals surface area contributed by atoms with Crippen molar-refractivity contribution in [1.29, 1.82) is 0 Å². The van der Waals surface area contributed by atoms with Crippen molar-refractivity contribution in [3.63, 3.8) is 0 Å². The minimum Gasteiger partial charge on any atom is -0.494 e. The predicted molar refractivity (Wildman–Crippen MR) is 94.5 cm³/mol. The molecule has 4 nitrogen and oxygen atoms in total. The lowest BCUT2D eigenvalue weighted by Gasteiger charge is -2.19. The van der Waals surface area contributed by atoms with Crippen LogP contribution in [0.2, 0.25) is 0 Å². The van der Waals surface area contributed by atoms with E-state index < -0.39 is 11.4 Å². The highest BCUT2D eigenvalue weighted by Gasteiger charge is 2.29. The van der Waals surface area contributed by atoms with Crippen molar-refractivity contribution in [2.75, 3.05) is 20.3 Å². The highest BCUT2D eigenvalue weighted by Crippen LogP contribution is 2.28. The summed E-state index contributed by atoms with van der Waals surface area (Å²) in [7, 11) is 1.68. The van der Waals surface area contributed by atoms with Gasteiger partial charge in [-0.05, 0) is 42.7 Å². The molecular formula is C20H24O4. The van der Waals surface area contributed by atoms with Crippen molar-refractivity contribution >= 4 is 5.97 Å². The summed E-state index contributed by atoms with van der Waals surface area (Å²) in [4.78, 5) is 11.3. The molecule has 0 aliphatic heterocycles. The quantitative estimate of drug-likeness (QED) is 0.740. The number of benzene rings is 2. The van der Waals surface area contributed by atoms with Crippen LogP contribution in [0.15, 0.2) is 48.5 Å². The summed E-state index contributed by atoms with van der Waals surface area (Å²) in [6.45, 7) is 4.74. The Morgan fingerprint density at radius 1 is 0.958 bits per heavy atom. The first-order chi connectivity index (χ1) is 11.4. The van der Waals surface area contributed by atoms with Crippen LogP contribution in [0, 0.1) is 0 Å². The van der Waals surface area contributed by atoms with Crippen LogP contribution >= 0.6 is 0 Å². The molecule has 0 aromatic heterocycles. The highest BCUT2D eigenvalue weighted by molar-refractivity contribution is 5.80. The topological polar surface area (TPSA) is 55.8 Å². The highest BCUT2D eigenvalue weighted by atomic mass is 16.5. The lowest BCUT2D eigenvalue weighted by atomic mass is 9.84. The number of rotatable bonds is 8. The number of hydrogen-bond donors (Lipinski definition) is 1. The Labute approximate surface area is 143 Å². The third-order valence-corrected chi connectivity index (χ3v) is 4.09. The maximum absolute atomic E-state index is 11.3. The Balaban J connectivity index is 2.05. The van der Waals surface area contributed by atoms with Gasteiger partial charge in [0.1, 0.15) is 5.75 Å². The Morgan fingerprint density at radius 3 is 2.00 bits per heavy atom. The van der Waals surface area contributed by atoms with Gasteiger partial charge in [0.05, 0.1) is 12.0 Å². The summed E-state index contributed by atoms with van der Waals surface area (Å²) >= 11 is 0. The van der Waals surface area contributed by atoms with E-state index in [1.165, 1.54) is 0 Å². The summed E-state index contributed by atoms with van der Waals surface area (Å²) in [6, 6.07) is 15.5. The molecular weight excluding hydrogens is 304 g/mol. The SMILES string of the molecule is COCCCOc1ccc(-c2ccc(C(C)(C)C(=O)O)cc2)cc1. The first kappa shape index (κ1) is 18.0. The molecule has 24 heavy (non-hydrogen) atoms. The Morgan fingerprint density at radius 2 is 1.50 bits per heavy atom. The molecule has 128 valence electrons. The van der Waals surface area contributed by atoms with Gasteiger partial charge in [-0.15, -0.1) is 0 Å². The van der Waals surface area contributed by atoms with Crippen LogP contribution < -0.4 is 4.74 Å². The fourth-order valence-electron chi connectivity index (χ4n) is 2.34. The molecule has 0 aliphatic carbocycles. The number of hydrogen-bond acceptors (Lipinski definition) is 3. The van der Waals surface area contributed by atoms with Crippen molar-refractivity contribution in [1.82, 2.24) is 0 Å². The summed E-state index contributed by atoms with van der Waals surface area (Å²) < 4.78 is 10.6. The van der Waals surface area contributed by atoms with Crippen LogP contribution in [-0.2, 0) is 14.9 Å². The first-order valence-electron chi connectivity index (χ1n) is 8.01. The molecule has 1 N–H and O–H groups in total. The molecule has 2 aromatic rings. The molecule has 0 radical (unpaired) electrons. The molecule has 0 saturated carbocycles. The van der Waals surface area contributed by atoms with Crippen LogP contribution in [0.25, 0.3) is 11.1 Å². The second-order valence-corrected chi connectivity index (χ2v) is 6.23. The fourth-order valence-corrected chi connectivity index (χ4v) is 2.34. The second-order valence-electron chi connectivity index (χ2n) is 6.23. The van der Waals surface area contributed by atoms with Crippen LogP contribution in [0.1, 0.15) is 25.8 Å². The number of carboxylic acids is 1. The van der Waals surface area contributed by atoms with E-state index in [9.17, 15) is 9.90 Å². The summed E-state index contributed by atoms with van der Waals surface area (Å²) in [5.74, 6) is 0.00343. The zero-order valence-electron chi connectivity index (χ0n) is 14.4. The van der Waals surface area contributed by atoms with Crippen LogP contribution in [0.5, 0.6) is 5.75 Å². The number of methoxy groups -OCH3 is 1. The zero-order chi connectivity index (χ0) is 17.6. The predicted octanol–water partition coefficient (Wildman–Crippen LogP) is 4.13. The third-order valence-electron chi connectivity index (χ3n) is 4.09. The second kappa shape index (κ2) is 7.97. The van der Waals surface area contributed by atoms with E-state index in [0.29, 0.717) is 13.2 Å². The molecule has 2 aromatic carbocycles. The van der Waals surface area contributed by atoms with Gasteiger partial charge in [-0.3, -0.25) is 4.79 Å². The zero-order valence-corrected chi connectivity index (χ0v) is 14.4. The number of carboxylic acid groups (broad SMARTS) is 1. The third kappa shape index (κ3) is 4.36. The fraction of sp³-hybridized carbons (Fsp3) is 0.350. The largest absolute Gasteiger partial charge is 0.494 e. The van der Waals surface area contributed by atoms with E-state index in [1.54, 1.807) is 21.0 Å². The summed E-state index contributed by atoms with van der Waals surface area (Å²) in [5, 5.41) is 9.29. The van der Waals surface area contributed by atoms with E-state index in [-0.39, 0.29) is 0 Å². The van der Waals surface area contributed by atoms with E-state index in [2.05, 4.69) is 0 Å². The number of carbonyl (C=O) groups is 1. The average molecular weight is 328 g/mol. The number of ether oxygens (including phenoxy) is 2. The van der Waals surface area contributed by atoms with Crippen molar-refractivity contribution in [2.45, 2.75) is 25.7 Å². The van der Waals surface area contributed by atoms with Gasteiger partial charge in [0.25, 0.3) is 0 Å². The molecule has 4 heteroatoms. The van der Waals surface area contributed by atoms with Crippen molar-refractivity contribution < 1.29 is 19.4 Å². The molecule has 2 rings (SSSR count). The molecule has 0 heterocycles. The maximum Gasteiger partial charge on any atom is 0.313 e. The smallest absolute Gasteiger partial charge is 0.313 e. The standard InChI is InChI=1S/C20H24O4/c1-20(2,19(21)22)17-9-5-15(6-10-17)16-7-11-18(12-8-16)24-14-4-13-23-3/h5-12H,4,13-14H2,1-3H3,(H,21,22). The van der Waals surface area contributed by atoms with E-state index in [1.807, 2.05) is 48.5 Å². The van der Waals surface area contributed by atoms with Gasteiger partial charge in [-0.2, -0.15) is 0 Å². The molecule has 0 saturated heterocycles. The lowest BCUT2D eigenvalue weighted by molar-refractivity contribution is -0.142. The van der Waals surface area contributed by atoms with Crippen molar-refractivity contribution in [2.24, 2.45) is 0 Å². The average Bonchev–Trinajstić information content (AvgIpc) is 2.59. The molecule has 0 atom stereocenters. The minimum absolute atomic E-state index is 0.631. The molecule has 0 aliphatic rings. The Kier molecular flexibility index (Phi) is 5.99. The van der Waals surface area contributed by atoms with Gasteiger partial charge in [-0.25, -0.2) is 0 Å². The van der Waals surface area contributed by atoms with E-state index in [0.717, 1.165) is 28.9 Å². The van der Waals surface area contributed by atoms with Gasteiger partial charge in [0, 0.05) is 20.1 Å². The van der Waals surface area contributed by atoms with Crippen LogP contribution in [0.3, 0.4) is 0 Å².